The highest BCUT2D eigenvalue weighted by atomic mass is 16.3. The SMILES string of the molecule is CC1CCNC(C2(O)C(=O)Nc3ccccc32)C1. The molecule has 2 heterocycles. The Kier molecular flexibility index (Phi) is 2.64. The molecule has 0 radical (unpaired) electrons. The summed E-state index contributed by atoms with van der Waals surface area (Å²) >= 11 is 0. The monoisotopic (exact) mass is 246 g/mol. The summed E-state index contributed by atoms with van der Waals surface area (Å²) in [7, 11) is 0. The van der Waals surface area contributed by atoms with E-state index in [4.69, 9.17) is 0 Å². The zero-order chi connectivity index (χ0) is 12.8. The Labute approximate surface area is 106 Å². The molecule has 1 saturated heterocycles. The van der Waals surface area contributed by atoms with Crippen LogP contribution in [0, 0.1) is 5.92 Å². The Balaban J connectivity index is 2.00. The standard InChI is InChI=1S/C14H18N2O2/c1-9-6-7-15-12(8-9)14(18)10-4-2-3-5-11(10)16-13(14)17/h2-5,9,12,15,18H,6-8H2,1H3,(H,16,17). The van der Waals surface area contributed by atoms with Crippen LogP contribution < -0.4 is 10.6 Å². The number of fused-ring (bicyclic) bond motifs is 1. The van der Waals surface area contributed by atoms with Crippen LogP contribution in [-0.4, -0.2) is 23.6 Å². The van der Waals surface area contributed by atoms with Crippen LogP contribution in [0.2, 0.25) is 0 Å². The molecule has 1 amide bonds. The Hall–Kier alpha value is -1.39. The van der Waals surface area contributed by atoms with Crippen molar-refractivity contribution < 1.29 is 9.90 Å². The van der Waals surface area contributed by atoms with Crippen LogP contribution in [0.5, 0.6) is 0 Å². The largest absolute Gasteiger partial charge is 0.374 e. The highest BCUT2D eigenvalue weighted by Crippen LogP contribution is 2.40. The molecule has 3 N–H and O–H groups in total. The van der Waals surface area contributed by atoms with Crippen molar-refractivity contribution in [3.63, 3.8) is 0 Å². The Morgan fingerprint density at radius 3 is 2.94 bits per heavy atom. The van der Waals surface area contributed by atoms with Gasteiger partial charge in [0.05, 0.1) is 0 Å². The summed E-state index contributed by atoms with van der Waals surface area (Å²) in [5.74, 6) is 0.219. The van der Waals surface area contributed by atoms with E-state index in [9.17, 15) is 9.90 Å². The predicted molar refractivity (Wildman–Crippen MR) is 69.2 cm³/mol. The van der Waals surface area contributed by atoms with Gasteiger partial charge in [-0.25, -0.2) is 0 Å². The second-order valence-corrected chi connectivity index (χ2v) is 5.40. The summed E-state index contributed by atoms with van der Waals surface area (Å²) in [6.45, 7) is 3.01. The van der Waals surface area contributed by atoms with Gasteiger partial charge in [0.25, 0.3) is 5.91 Å². The Morgan fingerprint density at radius 2 is 2.17 bits per heavy atom. The van der Waals surface area contributed by atoms with Gasteiger partial charge in [0.15, 0.2) is 5.60 Å². The molecular formula is C14H18N2O2. The number of hydrogen-bond acceptors (Lipinski definition) is 3. The smallest absolute Gasteiger partial charge is 0.262 e. The molecule has 2 aliphatic rings. The highest BCUT2D eigenvalue weighted by molar-refractivity contribution is 6.05. The average Bonchev–Trinajstić information content (AvgIpc) is 2.63. The second kappa shape index (κ2) is 4.07. The van der Waals surface area contributed by atoms with E-state index in [1.54, 1.807) is 0 Å². The lowest BCUT2D eigenvalue weighted by Crippen LogP contribution is -2.55. The number of piperidine rings is 1. The van der Waals surface area contributed by atoms with Crippen LogP contribution >= 0.6 is 0 Å². The zero-order valence-electron chi connectivity index (χ0n) is 10.4. The first-order valence-corrected chi connectivity index (χ1v) is 6.49. The Morgan fingerprint density at radius 1 is 1.39 bits per heavy atom. The molecule has 1 fully saturated rings. The number of hydrogen-bond donors (Lipinski definition) is 3. The lowest BCUT2D eigenvalue weighted by molar-refractivity contribution is -0.138. The van der Waals surface area contributed by atoms with Crippen molar-refractivity contribution in [3.05, 3.63) is 29.8 Å². The van der Waals surface area contributed by atoms with E-state index in [0.717, 1.165) is 25.1 Å². The van der Waals surface area contributed by atoms with Crippen LogP contribution in [0.4, 0.5) is 5.69 Å². The summed E-state index contributed by atoms with van der Waals surface area (Å²) < 4.78 is 0. The van der Waals surface area contributed by atoms with Gasteiger partial charge in [0.2, 0.25) is 0 Å². The number of para-hydroxylation sites is 1. The quantitative estimate of drug-likeness (QED) is 0.698. The minimum atomic E-state index is -1.43. The first-order chi connectivity index (χ1) is 8.62. The van der Waals surface area contributed by atoms with Crippen LogP contribution in [0.3, 0.4) is 0 Å². The van der Waals surface area contributed by atoms with E-state index in [2.05, 4.69) is 17.6 Å². The van der Waals surface area contributed by atoms with E-state index in [0.29, 0.717) is 11.5 Å². The van der Waals surface area contributed by atoms with Crippen molar-refractivity contribution in [2.75, 3.05) is 11.9 Å². The fourth-order valence-corrected chi connectivity index (χ4v) is 3.04. The maximum atomic E-state index is 12.2. The number of nitrogens with one attached hydrogen (secondary N) is 2. The summed E-state index contributed by atoms with van der Waals surface area (Å²) in [4.78, 5) is 12.2. The lowest BCUT2D eigenvalue weighted by atomic mass is 9.80. The van der Waals surface area contributed by atoms with Crippen LogP contribution in [0.1, 0.15) is 25.3 Å². The third-order valence-corrected chi connectivity index (χ3v) is 4.10. The molecule has 0 bridgehead atoms. The van der Waals surface area contributed by atoms with Crippen molar-refractivity contribution >= 4 is 11.6 Å². The number of amides is 1. The summed E-state index contributed by atoms with van der Waals surface area (Å²) in [5.41, 5.74) is -0.00252. The molecule has 3 unspecified atom stereocenters. The van der Waals surface area contributed by atoms with Crippen molar-refractivity contribution in [3.8, 4) is 0 Å². The van der Waals surface area contributed by atoms with Crippen LogP contribution in [0.15, 0.2) is 24.3 Å². The molecule has 0 spiro atoms. The maximum Gasteiger partial charge on any atom is 0.262 e. The van der Waals surface area contributed by atoms with Gasteiger partial charge in [-0.3, -0.25) is 4.79 Å². The van der Waals surface area contributed by atoms with Gasteiger partial charge in [0, 0.05) is 17.3 Å². The van der Waals surface area contributed by atoms with E-state index in [1.165, 1.54) is 0 Å². The van der Waals surface area contributed by atoms with Crippen LogP contribution in [0.25, 0.3) is 0 Å². The van der Waals surface area contributed by atoms with Crippen molar-refractivity contribution in [1.29, 1.82) is 0 Å². The molecule has 1 aromatic rings. The second-order valence-electron chi connectivity index (χ2n) is 5.40. The van der Waals surface area contributed by atoms with Gasteiger partial charge < -0.3 is 15.7 Å². The van der Waals surface area contributed by atoms with Gasteiger partial charge in [0.1, 0.15) is 0 Å². The zero-order valence-corrected chi connectivity index (χ0v) is 10.4. The summed E-state index contributed by atoms with van der Waals surface area (Å²) in [6, 6.07) is 7.17. The molecular weight excluding hydrogens is 228 g/mol. The third-order valence-electron chi connectivity index (χ3n) is 4.10. The predicted octanol–water partition coefficient (Wildman–Crippen LogP) is 1.21. The van der Waals surface area contributed by atoms with Crippen molar-refractivity contribution in [1.82, 2.24) is 5.32 Å². The molecule has 1 aromatic carbocycles. The fraction of sp³-hybridized carbons (Fsp3) is 0.500. The minimum absolute atomic E-state index is 0.204. The molecule has 96 valence electrons. The van der Waals surface area contributed by atoms with Crippen molar-refractivity contribution in [2.45, 2.75) is 31.4 Å². The minimum Gasteiger partial charge on any atom is -0.374 e. The normalized spacial score (nSPS) is 35.1. The molecule has 18 heavy (non-hydrogen) atoms. The average molecular weight is 246 g/mol. The highest BCUT2D eigenvalue weighted by Gasteiger charge is 2.51. The first-order valence-electron chi connectivity index (χ1n) is 6.49. The van der Waals surface area contributed by atoms with E-state index in [1.807, 2.05) is 24.3 Å². The number of rotatable bonds is 1. The topological polar surface area (TPSA) is 61.4 Å². The van der Waals surface area contributed by atoms with Crippen molar-refractivity contribution in [2.24, 2.45) is 5.92 Å². The number of benzene rings is 1. The first kappa shape index (κ1) is 11.7. The third kappa shape index (κ3) is 1.56. The van der Waals surface area contributed by atoms with Gasteiger partial charge in [-0.15, -0.1) is 0 Å². The molecule has 4 nitrogen and oxygen atoms in total. The molecule has 4 heteroatoms. The summed E-state index contributed by atoms with van der Waals surface area (Å²) in [6.07, 6.45) is 1.91. The van der Waals surface area contributed by atoms with E-state index >= 15 is 0 Å². The Bertz CT molecular complexity index is 488. The van der Waals surface area contributed by atoms with Crippen LogP contribution in [-0.2, 0) is 10.4 Å². The lowest BCUT2D eigenvalue weighted by Gasteiger charge is -2.37. The number of carbonyl (C=O) groups is 1. The molecule has 0 aromatic heterocycles. The van der Waals surface area contributed by atoms with Gasteiger partial charge in [-0.1, -0.05) is 25.1 Å². The van der Waals surface area contributed by atoms with Gasteiger partial charge in [-0.2, -0.15) is 0 Å². The molecule has 3 atom stereocenters. The maximum absolute atomic E-state index is 12.2. The van der Waals surface area contributed by atoms with E-state index < -0.39 is 5.60 Å². The number of anilines is 1. The van der Waals surface area contributed by atoms with Gasteiger partial charge in [-0.05, 0) is 31.4 Å². The molecule has 0 aliphatic carbocycles. The summed E-state index contributed by atoms with van der Waals surface area (Å²) in [5, 5.41) is 16.9. The molecule has 2 aliphatic heterocycles. The molecule has 3 rings (SSSR count). The fourth-order valence-electron chi connectivity index (χ4n) is 3.04. The van der Waals surface area contributed by atoms with E-state index in [-0.39, 0.29) is 11.9 Å². The number of aliphatic hydroxyl groups is 1. The molecule has 0 saturated carbocycles. The number of carbonyl (C=O) groups excluding carboxylic acids is 1. The van der Waals surface area contributed by atoms with Gasteiger partial charge >= 0.3 is 0 Å².